The van der Waals surface area contributed by atoms with E-state index in [-0.39, 0.29) is 0 Å². The zero-order valence-corrected chi connectivity index (χ0v) is 12.1. The molecule has 2 rings (SSSR count). The summed E-state index contributed by atoms with van der Waals surface area (Å²) in [5.41, 5.74) is 7.55. The molecule has 0 amide bonds. The van der Waals surface area contributed by atoms with E-state index >= 15 is 0 Å². The Labute approximate surface area is 119 Å². The Balaban J connectivity index is 2.28. The fourth-order valence-electron chi connectivity index (χ4n) is 1.47. The van der Waals surface area contributed by atoms with Gasteiger partial charge >= 0.3 is 0 Å². The Morgan fingerprint density at radius 1 is 1.39 bits per heavy atom. The molecule has 0 bridgehead atoms. The monoisotopic (exact) mass is 326 g/mol. The molecule has 5 heteroatoms. The third-order valence-corrected chi connectivity index (χ3v) is 3.39. The Bertz CT molecular complexity index is 575. The molecule has 18 heavy (non-hydrogen) atoms. The summed E-state index contributed by atoms with van der Waals surface area (Å²) in [7, 11) is 0. The molecule has 1 aromatic carbocycles. The largest absolute Gasteiger partial charge is 0.438 e. The van der Waals surface area contributed by atoms with Gasteiger partial charge in [0.1, 0.15) is 5.75 Å². The lowest BCUT2D eigenvalue weighted by atomic mass is 10.2. The maximum Gasteiger partial charge on any atom is 0.219 e. The van der Waals surface area contributed by atoms with E-state index in [9.17, 15) is 0 Å². The number of pyridine rings is 1. The molecule has 0 saturated carbocycles. The van der Waals surface area contributed by atoms with E-state index in [4.69, 9.17) is 22.1 Å². The van der Waals surface area contributed by atoms with Crippen molar-refractivity contribution >= 4 is 27.5 Å². The van der Waals surface area contributed by atoms with Gasteiger partial charge in [-0.05, 0) is 46.1 Å². The van der Waals surface area contributed by atoms with Crippen molar-refractivity contribution in [3.8, 4) is 11.6 Å². The number of hydrogen-bond acceptors (Lipinski definition) is 3. The smallest absolute Gasteiger partial charge is 0.219 e. The van der Waals surface area contributed by atoms with Crippen molar-refractivity contribution in [2.75, 3.05) is 0 Å². The SMILES string of the molecule is Cc1ccc(Oc2cc(CN)c(Cl)cn2)c(Br)c1. The second-order valence-electron chi connectivity index (χ2n) is 3.85. The molecule has 0 aliphatic rings. The molecule has 2 aromatic rings. The molecule has 0 radical (unpaired) electrons. The predicted octanol–water partition coefficient (Wildman–Crippen LogP) is 4.06. The third-order valence-electron chi connectivity index (χ3n) is 2.43. The normalized spacial score (nSPS) is 10.4. The quantitative estimate of drug-likeness (QED) is 0.925. The van der Waals surface area contributed by atoms with Gasteiger partial charge in [0.15, 0.2) is 0 Å². The van der Waals surface area contributed by atoms with Crippen LogP contribution < -0.4 is 10.5 Å². The van der Waals surface area contributed by atoms with Crippen LogP contribution in [-0.4, -0.2) is 4.98 Å². The van der Waals surface area contributed by atoms with E-state index < -0.39 is 0 Å². The van der Waals surface area contributed by atoms with E-state index in [1.807, 2.05) is 25.1 Å². The Hall–Kier alpha value is -1.10. The zero-order valence-electron chi connectivity index (χ0n) is 9.78. The number of aryl methyl sites for hydroxylation is 1. The van der Waals surface area contributed by atoms with Gasteiger partial charge in [-0.3, -0.25) is 0 Å². The lowest BCUT2D eigenvalue weighted by Crippen LogP contribution is -1.99. The third kappa shape index (κ3) is 3.02. The van der Waals surface area contributed by atoms with Crippen molar-refractivity contribution in [3.05, 3.63) is 51.1 Å². The minimum Gasteiger partial charge on any atom is -0.438 e. The summed E-state index contributed by atoms with van der Waals surface area (Å²) in [4.78, 5) is 4.12. The van der Waals surface area contributed by atoms with E-state index in [1.165, 1.54) is 0 Å². The highest BCUT2D eigenvalue weighted by Gasteiger charge is 2.06. The van der Waals surface area contributed by atoms with Gasteiger partial charge < -0.3 is 10.5 Å². The summed E-state index contributed by atoms with van der Waals surface area (Å²) in [6.45, 7) is 2.37. The molecule has 0 aliphatic heterocycles. The summed E-state index contributed by atoms with van der Waals surface area (Å²) in [6, 6.07) is 7.58. The average molecular weight is 328 g/mol. The Morgan fingerprint density at radius 2 is 2.17 bits per heavy atom. The van der Waals surface area contributed by atoms with E-state index in [0.29, 0.717) is 23.2 Å². The van der Waals surface area contributed by atoms with Crippen LogP contribution >= 0.6 is 27.5 Å². The molecule has 0 aliphatic carbocycles. The first-order valence-corrected chi connectivity index (χ1v) is 6.55. The van der Waals surface area contributed by atoms with E-state index in [1.54, 1.807) is 12.3 Å². The van der Waals surface area contributed by atoms with Crippen LogP contribution in [0.3, 0.4) is 0 Å². The summed E-state index contributed by atoms with van der Waals surface area (Å²) in [5, 5.41) is 0.549. The molecule has 3 nitrogen and oxygen atoms in total. The first-order chi connectivity index (χ1) is 8.60. The predicted molar refractivity (Wildman–Crippen MR) is 76.1 cm³/mol. The van der Waals surface area contributed by atoms with Gasteiger partial charge in [0.25, 0.3) is 0 Å². The highest BCUT2D eigenvalue weighted by molar-refractivity contribution is 9.10. The number of nitrogens with two attached hydrogens (primary N) is 1. The van der Waals surface area contributed by atoms with Gasteiger partial charge in [-0.2, -0.15) is 0 Å². The van der Waals surface area contributed by atoms with Crippen LogP contribution in [0.25, 0.3) is 0 Å². The van der Waals surface area contributed by atoms with Gasteiger partial charge in [0.05, 0.1) is 9.50 Å². The zero-order chi connectivity index (χ0) is 13.1. The highest BCUT2D eigenvalue weighted by Crippen LogP contribution is 2.30. The molecule has 0 atom stereocenters. The van der Waals surface area contributed by atoms with Gasteiger partial charge in [0.2, 0.25) is 5.88 Å². The van der Waals surface area contributed by atoms with Crippen LogP contribution in [0.1, 0.15) is 11.1 Å². The standard InChI is InChI=1S/C13H12BrClN2O/c1-8-2-3-12(10(14)4-8)18-13-5-9(6-16)11(15)7-17-13/h2-5,7H,6,16H2,1H3. The lowest BCUT2D eigenvalue weighted by molar-refractivity contribution is 0.459. The van der Waals surface area contributed by atoms with E-state index in [2.05, 4.69) is 20.9 Å². The molecule has 0 fully saturated rings. The summed E-state index contributed by atoms with van der Waals surface area (Å²) < 4.78 is 6.57. The number of benzene rings is 1. The summed E-state index contributed by atoms with van der Waals surface area (Å²) >= 11 is 9.40. The average Bonchev–Trinajstić information content (AvgIpc) is 2.35. The number of rotatable bonds is 3. The molecular formula is C13H12BrClN2O. The van der Waals surface area contributed by atoms with Gasteiger partial charge in [-0.1, -0.05) is 17.7 Å². The molecule has 94 valence electrons. The molecular weight excluding hydrogens is 316 g/mol. The van der Waals surface area contributed by atoms with Crippen LogP contribution in [0.2, 0.25) is 5.02 Å². The Morgan fingerprint density at radius 3 is 2.83 bits per heavy atom. The molecule has 1 aromatic heterocycles. The maximum atomic E-state index is 5.94. The van der Waals surface area contributed by atoms with Gasteiger partial charge in [-0.25, -0.2) is 4.98 Å². The number of nitrogens with zero attached hydrogens (tertiary/aromatic N) is 1. The van der Waals surface area contributed by atoms with Crippen molar-refractivity contribution in [3.63, 3.8) is 0 Å². The van der Waals surface area contributed by atoms with E-state index in [0.717, 1.165) is 15.6 Å². The fourth-order valence-corrected chi connectivity index (χ4v) is 2.23. The van der Waals surface area contributed by atoms with Crippen molar-refractivity contribution in [1.82, 2.24) is 4.98 Å². The molecule has 2 N–H and O–H groups in total. The second kappa shape index (κ2) is 5.69. The number of halogens is 2. The van der Waals surface area contributed by atoms with Crippen LogP contribution in [0.15, 0.2) is 34.9 Å². The van der Waals surface area contributed by atoms with Gasteiger partial charge in [0, 0.05) is 18.8 Å². The molecule has 1 heterocycles. The topological polar surface area (TPSA) is 48.1 Å². The van der Waals surface area contributed by atoms with Crippen LogP contribution in [-0.2, 0) is 6.54 Å². The molecule has 0 saturated heterocycles. The first kappa shape index (κ1) is 13.3. The fraction of sp³-hybridized carbons (Fsp3) is 0.154. The van der Waals surface area contributed by atoms with Crippen molar-refractivity contribution in [2.45, 2.75) is 13.5 Å². The highest BCUT2D eigenvalue weighted by atomic mass is 79.9. The van der Waals surface area contributed by atoms with Gasteiger partial charge in [-0.15, -0.1) is 0 Å². The summed E-state index contributed by atoms with van der Waals surface area (Å²) in [5.74, 6) is 1.18. The second-order valence-corrected chi connectivity index (χ2v) is 5.12. The number of ether oxygens (including phenoxy) is 1. The summed E-state index contributed by atoms with van der Waals surface area (Å²) in [6.07, 6.45) is 1.54. The molecule has 0 unspecified atom stereocenters. The van der Waals surface area contributed by atoms with Crippen molar-refractivity contribution in [1.29, 1.82) is 0 Å². The van der Waals surface area contributed by atoms with Crippen LogP contribution in [0.4, 0.5) is 0 Å². The van der Waals surface area contributed by atoms with Crippen molar-refractivity contribution < 1.29 is 4.74 Å². The number of hydrogen-bond donors (Lipinski definition) is 1. The lowest BCUT2D eigenvalue weighted by Gasteiger charge is -2.09. The van der Waals surface area contributed by atoms with Crippen LogP contribution in [0, 0.1) is 6.92 Å². The minimum absolute atomic E-state index is 0.354. The van der Waals surface area contributed by atoms with Crippen molar-refractivity contribution in [2.24, 2.45) is 5.73 Å². The van der Waals surface area contributed by atoms with Crippen LogP contribution in [0.5, 0.6) is 11.6 Å². The Kier molecular flexibility index (Phi) is 4.22. The number of aromatic nitrogens is 1. The minimum atomic E-state index is 0.354. The molecule has 0 spiro atoms. The maximum absolute atomic E-state index is 5.94. The first-order valence-electron chi connectivity index (χ1n) is 5.38.